The molecule has 174 valence electrons. The SMILES string of the molecule is CCN1CCC(CCNC(=NC)NC2CCN(Cc3ccc(OC)c(F)c3)CC2)CC1. The molecule has 7 heteroatoms. The molecule has 2 saturated heterocycles. The Labute approximate surface area is 187 Å². The summed E-state index contributed by atoms with van der Waals surface area (Å²) in [7, 11) is 3.34. The molecule has 6 nitrogen and oxygen atoms in total. The predicted octanol–water partition coefficient (Wildman–Crippen LogP) is 3.09. The zero-order chi connectivity index (χ0) is 22.1. The van der Waals surface area contributed by atoms with Gasteiger partial charge in [0, 0.05) is 39.3 Å². The number of rotatable bonds is 8. The van der Waals surface area contributed by atoms with Crippen molar-refractivity contribution in [1.29, 1.82) is 0 Å². The summed E-state index contributed by atoms with van der Waals surface area (Å²) in [6.45, 7) is 9.68. The van der Waals surface area contributed by atoms with Crippen LogP contribution in [0.4, 0.5) is 4.39 Å². The minimum Gasteiger partial charge on any atom is -0.494 e. The third kappa shape index (κ3) is 7.35. The normalized spacial score (nSPS) is 20.1. The van der Waals surface area contributed by atoms with Gasteiger partial charge in [-0.05, 0) is 75.4 Å². The molecule has 2 aliphatic rings. The number of ether oxygens (including phenoxy) is 1. The second-order valence-corrected chi connectivity index (χ2v) is 8.83. The third-order valence-electron chi connectivity index (χ3n) is 6.77. The first-order chi connectivity index (χ1) is 15.1. The summed E-state index contributed by atoms with van der Waals surface area (Å²) in [4.78, 5) is 9.35. The van der Waals surface area contributed by atoms with Gasteiger partial charge in [0.2, 0.25) is 0 Å². The number of benzene rings is 1. The molecule has 1 aromatic rings. The van der Waals surface area contributed by atoms with Crippen molar-refractivity contribution in [1.82, 2.24) is 20.4 Å². The van der Waals surface area contributed by atoms with Crippen LogP contribution < -0.4 is 15.4 Å². The van der Waals surface area contributed by atoms with Crippen molar-refractivity contribution in [3.05, 3.63) is 29.6 Å². The Morgan fingerprint density at radius 3 is 2.45 bits per heavy atom. The van der Waals surface area contributed by atoms with E-state index in [9.17, 15) is 4.39 Å². The van der Waals surface area contributed by atoms with Crippen molar-refractivity contribution in [3.63, 3.8) is 0 Å². The number of aliphatic imine (C=N–C) groups is 1. The van der Waals surface area contributed by atoms with Crippen molar-refractivity contribution in [3.8, 4) is 5.75 Å². The minimum absolute atomic E-state index is 0.289. The van der Waals surface area contributed by atoms with Crippen LogP contribution in [0.15, 0.2) is 23.2 Å². The number of likely N-dealkylation sites (tertiary alicyclic amines) is 2. The molecule has 2 heterocycles. The van der Waals surface area contributed by atoms with Crippen LogP contribution in [0.1, 0.15) is 44.6 Å². The van der Waals surface area contributed by atoms with Crippen LogP contribution in [-0.4, -0.2) is 75.2 Å². The predicted molar refractivity (Wildman–Crippen MR) is 125 cm³/mol. The van der Waals surface area contributed by atoms with E-state index in [1.165, 1.54) is 46.0 Å². The van der Waals surface area contributed by atoms with E-state index in [0.717, 1.165) is 56.5 Å². The lowest BCUT2D eigenvalue weighted by Gasteiger charge is -2.33. The van der Waals surface area contributed by atoms with Gasteiger partial charge in [-0.1, -0.05) is 13.0 Å². The average Bonchev–Trinajstić information content (AvgIpc) is 2.80. The molecule has 0 radical (unpaired) electrons. The molecule has 31 heavy (non-hydrogen) atoms. The summed E-state index contributed by atoms with van der Waals surface area (Å²) in [6, 6.07) is 5.68. The Hall–Kier alpha value is -1.86. The van der Waals surface area contributed by atoms with Gasteiger partial charge < -0.3 is 20.3 Å². The van der Waals surface area contributed by atoms with Gasteiger partial charge in [-0.3, -0.25) is 9.89 Å². The molecule has 0 bridgehead atoms. The van der Waals surface area contributed by atoms with Crippen molar-refractivity contribution < 1.29 is 9.13 Å². The summed E-state index contributed by atoms with van der Waals surface area (Å²) in [6.07, 6.45) is 5.98. The van der Waals surface area contributed by atoms with E-state index < -0.39 is 0 Å². The number of hydrogen-bond acceptors (Lipinski definition) is 4. The van der Waals surface area contributed by atoms with Gasteiger partial charge in [-0.2, -0.15) is 0 Å². The minimum atomic E-state index is -0.289. The fourth-order valence-electron chi connectivity index (χ4n) is 4.68. The fourth-order valence-corrected chi connectivity index (χ4v) is 4.68. The maximum Gasteiger partial charge on any atom is 0.191 e. The standard InChI is InChI=1S/C24H40FN5O/c1-4-29-13-8-19(9-14-29)7-12-27-24(26-2)28-21-10-15-30(16-11-21)18-20-5-6-23(31-3)22(25)17-20/h5-6,17,19,21H,4,7-16,18H2,1-3H3,(H2,26,27,28). The van der Waals surface area contributed by atoms with Gasteiger partial charge in [0.25, 0.3) is 0 Å². The van der Waals surface area contributed by atoms with E-state index in [0.29, 0.717) is 11.8 Å². The van der Waals surface area contributed by atoms with Gasteiger partial charge in [-0.15, -0.1) is 0 Å². The number of hydrogen-bond donors (Lipinski definition) is 2. The summed E-state index contributed by atoms with van der Waals surface area (Å²) in [5.74, 6) is 1.76. The maximum absolute atomic E-state index is 13.9. The summed E-state index contributed by atoms with van der Waals surface area (Å²) >= 11 is 0. The molecule has 2 fully saturated rings. The number of halogens is 1. The molecule has 2 N–H and O–H groups in total. The molecule has 0 saturated carbocycles. The van der Waals surface area contributed by atoms with Gasteiger partial charge in [0.15, 0.2) is 17.5 Å². The quantitative estimate of drug-likeness (QED) is 0.487. The van der Waals surface area contributed by atoms with Crippen LogP contribution in [0.2, 0.25) is 0 Å². The molecule has 0 atom stereocenters. The first-order valence-corrected chi connectivity index (χ1v) is 11.9. The molecule has 0 spiro atoms. The molecule has 0 unspecified atom stereocenters. The second kappa shape index (κ2) is 12.2. The van der Waals surface area contributed by atoms with Gasteiger partial charge >= 0.3 is 0 Å². The second-order valence-electron chi connectivity index (χ2n) is 8.83. The van der Waals surface area contributed by atoms with Gasteiger partial charge in [0.1, 0.15) is 0 Å². The smallest absolute Gasteiger partial charge is 0.191 e. The lowest BCUT2D eigenvalue weighted by atomic mass is 9.93. The number of methoxy groups -OCH3 is 1. The van der Waals surface area contributed by atoms with E-state index in [1.54, 1.807) is 12.1 Å². The maximum atomic E-state index is 13.9. The molecule has 1 aromatic carbocycles. The molecule has 2 aliphatic heterocycles. The summed E-state index contributed by atoms with van der Waals surface area (Å²) < 4.78 is 18.9. The van der Waals surface area contributed by atoms with E-state index in [2.05, 4.69) is 32.3 Å². The number of guanidine groups is 1. The lowest BCUT2D eigenvalue weighted by Crippen LogP contribution is -2.48. The molecule has 0 amide bonds. The molecule has 3 rings (SSSR count). The molecular weight excluding hydrogens is 393 g/mol. The highest BCUT2D eigenvalue weighted by molar-refractivity contribution is 5.79. The number of piperidine rings is 2. The van der Waals surface area contributed by atoms with Crippen LogP contribution in [0.5, 0.6) is 5.75 Å². The van der Waals surface area contributed by atoms with Gasteiger partial charge in [0.05, 0.1) is 7.11 Å². The first-order valence-electron chi connectivity index (χ1n) is 11.9. The molecular formula is C24H40FN5O. The average molecular weight is 434 g/mol. The molecule has 0 aliphatic carbocycles. The van der Waals surface area contributed by atoms with E-state index in [4.69, 9.17) is 4.74 Å². The van der Waals surface area contributed by atoms with Crippen LogP contribution in [-0.2, 0) is 6.54 Å². The third-order valence-corrected chi connectivity index (χ3v) is 6.77. The van der Waals surface area contributed by atoms with E-state index >= 15 is 0 Å². The zero-order valence-corrected chi connectivity index (χ0v) is 19.5. The Balaban J connectivity index is 1.34. The highest BCUT2D eigenvalue weighted by atomic mass is 19.1. The topological polar surface area (TPSA) is 52.1 Å². The summed E-state index contributed by atoms with van der Waals surface area (Å²) in [5, 5.41) is 7.11. The number of nitrogens with one attached hydrogen (secondary N) is 2. The Kier molecular flexibility index (Phi) is 9.40. The van der Waals surface area contributed by atoms with E-state index in [1.807, 2.05) is 13.1 Å². The van der Waals surface area contributed by atoms with Crippen LogP contribution in [0.3, 0.4) is 0 Å². The highest BCUT2D eigenvalue weighted by Crippen LogP contribution is 2.21. The summed E-state index contributed by atoms with van der Waals surface area (Å²) in [5.41, 5.74) is 0.993. The Morgan fingerprint density at radius 1 is 1.13 bits per heavy atom. The van der Waals surface area contributed by atoms with Crippen molar-refractivity contribution >= 4 is 5.96 Å². The monoisotopic (exact) mass is 433 g/mol. The van der Waals surface area contributed by atoms with Crippen LogP contribution in [0, 0.1) is 11.7 Å². The highest BCUT2D eigenvalue weighted by Gasteiger charge is 2.21. The fraction of sp³-hybridized carbons (Fsp3) is 0.708. The largest absolute Gasteiger partial charge is 0.494 e. The van der Waals surface area contributed by atoms with Crippen LogP contribution >= 0.6 is 0 Å². The van der Waals surface area contributed by atoms with Crippen molar-refractivity contribution in [2.75, 3.05) is 53.4 Å². The van der Waals surface area contributed by atoms with Gasteiger partial charge in [-0.25, -0.2) is 4.39 Å². The zero-order valence-electron chi connectivity index (χ0n) is 19.5. The first kappa shape index (κ1) is 23.8. The van der Waals surface area contributed by atoms with Crippen molar-refractivity contribution in [2.24, 2.45) is 10.9 Å². The Bertz CT molecular complexity index is 697. The van der Waals surface area contributed by atoms with Crippen molar-refractivity contribution in [2.45, 2.75) is 51.6 Å². The Morgan fingerprint density at radius 2 is 1.84 bits per heavy atom. The lowest BCUT2D eigenvalue weighted by molar-refractivity contribution is 0.187. The van der Waals surface area contributed by atoms with Crippen LogP contribution in [0.25, 0.3) is 0 Å². The van der Waals surface area contributed by atoms with E-state index in [-0.39, 0.29) is 5.82 Å². The number of nitrogens with zero attached hydrogens (tertiary/aromatic N) is 3. The molecule has 0 aromatic heterocycles.